The molecule has 0 bridgehead atoms. The number of aliphatic hydroxyl groups is 2. The first-order valence-corrected chi connectivity index (χ1v) is 4.87. The fourth-order valence-electron chi connectivity index (χ4n) is 2.60. The molecular formula is C9H17NO2. The number of hydrogen-bond donors (Lipinski definition) is 2. The van der Waals surface area contributed by atoms with Gasteiger partial charge in [0.25, 0.3) is 0 Å². The molecule has 0 aromatic rings. The van der Waals surface area contributed by atoms with Crippen LogP contribution in [0.3, 0.4) is 0 Å². The number of aliphatic hydroxyl groups excluding tert-OH is 2. The maximum Gasteiger partial charge on any atom is 0.0696 e. The zero-order valence-electron chi connectivity index (χ0n) is 7.32. The van der Waals surface area contributed by atoms with Gasteiger partial charge >= 0.3 is 0 Å². The van der Waals surface area contributed by atoms with Crippen LogP contribution in [0.1, 0.15) is 25.7 Å². The quantitative estimate of drug-likeness (QED) is 0.582. The van der Waals surface area contributed by atoms with Crippen LogP contribution in [-0.2, 0) is 0 Å². The van der Waals surface area contributed by atoms with Gasteiger partial charge in [0.1, 0.15) is 0 Å². The van der Waals surface area contributed by atoms with Crippen molar-refractivity contribution in [3.8, 4) is 0 Å². The predicted molar refractivity (Wildman–Crippen MR) is 45.8 cm³/mol. The van der Waals surface area contributed by atoms with E-state index in [1.165, 1.54) is 0 Å². The van der Waals surface area contributed by atoms with Gasteiger partial charge in [0.2, 0.25) is 0 Å². The van der Waals surface area contributed by atoms with Crippen molar-refractivity contribution in [3.05, 3.63) is 0 Å². The molecule has 2 aliphatic heterocycles. The molecule has 2 rings (SSSR count). The first-order chi connectivity index (χ1) is 5.83. The Bertz CT molecular complexity index is 163. The molecule has 0 radical (unpaired) electrons. The third-order valence-corrected chi connectivity index (χ3v) is 3.26. The SMILES string of the molecule is OC[C@@H]1CC[C@H]2[C@@H](O)CCCN12. The third-order valence-electron chi connectivity index (χ3n) is 3.26. The van der Waals surface area contributed by atoms with Crippen LogP contribution in [0, 0.1) is 0 Å². The third kappa shape index (κ3) is 1.26. The molecule has 0 aromatic carbocycles. The smallest absolute Gasteiger partial charge is 0.0696 e. The maximum atomic E-state index is 9.67. The average Bonchev–Trinajstić information content (AvgIpc) is 2.49. The fourth-order valence-corrected chi connectivity index (χ4v) is 2.60. The van der Waals surface area contributed by atoms with Crippen molar-refractivity contribution in [2.75, 3.05) is 13.2 Å². The van der Waals surface area contributed by atoms with E-state index in [4.69, 9.17) is 5.11 Å². The van der Waals surface area contributed by atoms with Crippen LogP contribution in [0.4, 0.5) is 0 Å². The van der Waals surface area contributed by atoms with E-state index < -0.39 is 0 Å². The maximum absolute atomic E-state index is 9.67. The number of hydrogen-bond acceptors (Lipinski definition) is 3. The lowest BCUT2D eigenvalue weighted by Crippen LogP contribution is -2.48. The normalized spacial score (nSPS) is 43.0. The van der Waals surface area contributed by atoms with Crippen molar-refractivity contribution >= 4 is 0 Å². The fraction of sp³-hybridized carbons (Fsp3) is 1.00. The molecule has 70 valence electrons. The van der Waals surface area contributed by atoms with Gasteiger partial charge in [0.15, 0.2) is 0 Å². The Balaban J connectivity index is 2.04. The van der Waals surface area contributed by atoms with Crippen molar-refractivity contribution in [3.63, 3.8) is 0 Å². The minimum atomic E-state index is -0.143. The summed E-state index contributed by atoms with van der Waals surface area (Å²) in [5.41, 5.74) is 0. The molecule has 0 amide bonds. The van der Waals surface area contributed by atoms with Crippen LogP contribution >= 0.6 is 0 Å². The molecule has 0 spiro atoms. The summed E-state index contributed by atoms with van der Waals surface area (Å²) >= 11 is 0. The lowest BCUT2D eigenvalue weighted by atomic mass is 10.00. The van der Waals surface area contributed by atoms with E-state index in [-0.39, 0.29) is 12.7 Å². The molecule has 12 heavy (non-hydrogen) atoms. The number of rotatable bonds is 1. The zero-order chi connectivity index (χ0) is 8.55. The minimum Gasteiger partial charge on any atom is -0.395 e. The summed E-state index contributed by atoms with van der Waals surface area (Å²) in [6.45, 7) is 1.32. The van der Waals surface area contributed by atoms with E-state index in [1.807, 2.05) is 0 Å². The summed E-state index contributed by atoms with van der Waals surface area (Å²) in [4.78, 5) is 2.29. The van der Waals surface area contributed by atoms with E-state index in [9.17, 15) is 5.11 Å². The van der Waals surface area contributed by atoms with Crippen LogP contribution in [0.2, 0.25) is 0 Å². The van der Waals surface area contributed by atoms with E-state index >= 15 is 0 Å². The standard InChI is InChI=1S/C9H17NO2/c11-6-7-3-4-8-9(12)2-1-5-10(7)8/h7-9,11-12H,1-6H2/t7-,8-,9-/m0/s1. The number of piperidine rings is 1. The van der Waals surface area contributed by atoms with Gasteiger partial charge in [-0.1, -0.05) is 0 Å². The van der Waals surface area contributed by atoms with Gasteiger partial charge in [-0.15, -0.1) is 0 Å². The summed E-state index contributed by atoms with van der Waals surface area (Å²) in [7, 11) is 0. The highest BCUT2D eigenvalue weighted by Gasteiger charge is 2.38. The molecular weight excluding hydrogens is 154 g/mol. The Hall–Kier alpha value is -0.120. The summed E-state index contributed by atoms with van der Waals surface area (Å²) in [5.74, 6) is 0. The van der Waals surface area contributed by atoms with Gasteiger partial charge < -0.3 is 10.2 Å². The van der Waals surface area contributed by atoms with E-state index in [1.54, 1.807) is 0 Å². The summed E-state index contributed by atoms with van der Waals surface area (Å²) in [5, 5.41) is 18.7. The first kappa shape index (κ1) is 8.48. The first-order valence-electron chi connectivity index (χ1n) is 4.87. The average molecular weight is 171 g/mol. The molecule has 0 saturated carbocycles. The van der Waals surface area contributed by atoms with Gasteiger partial charge in [0.05, 0.1) is 12.7 Å². The summed E-state index contributed by atoms with van der Waals surface area (Å²) in [6, 6.07) is 0.667. The highest BCUT2D eigenvalue weighted by molar-refractivity contribution is 4.94. The lowest BCUT2D eigenvalue weighted by Gasteiger charge is -2.36. The Labute approximate surface area is 73.0 Å². The van der Waals surface area contributed by atoms with Crippen LogP contribution in [0.15, 0.2) is 0 Å². The number of nitrogens with zero attached hydrogens (tertiary/aromatic N) is 1. The van der Waals surface area contributed by atoms with E-state index in [2.05, 4.69) is 4.90 Å². The minimum absolute atomic E-state index is 0.143. The summed E-state index contributed by atoms with van der Waals surface area (Å²) in [6.07, 6.45) is 3.99. The van der Waals surface area contributed by atoms with Crippen LogP contribution in [-0.4, -0.2) is 46.5 Å². The van der Waals surface area contributed by atoms with Crippen molar-refractivity contribution in [1.29, 1.82) is 0 Å². The van der Waals surface area contributed by atoms with Crippen molar-refractivity contribution in [1.82, 2.24) is 4.90 Å². The Morgan fingerprint density at radius 2 is 2.08 bits per heavy atom. The van der Waals surface area contributed by atoms with E-state index in [0.717, 1.165) is 32.2 Å². The highest BCUT2D eigenvalue weighted by Crippen LogP contribution is 2.31. The Kier molecular flexibility index (Phi) is 2.35. The summed E-state index contributed by atoms with van der Waals surface area (Å²) < 4.78 is 0. The second-order valence-electron chi connectivity index (χ2n) is 3.93. The molecule has 2 saturated heterocycles. The van der Waals surface area contributed by atoms with Crippen LogP contribution in [0.5, 0.6) is 0 Å². The number of fused-ring (bicyclic) bond motifs is 1. The van der Waals surface area contributed by atoms with Crippen LogP contribution < -0.4 is 0 Å². The van der Waals surface area contributed by atoms with Gasteiger partial charge in [-0.3, -0.25) is 4.90 Å². The molecule has 3 heteroatoms. The Morgan fingerprint density at radius 3 is 2.83 bits per heavy atom. The van der Waals surface area contributed by atoms with Crippen molar-refractivity contribution in [2.45, 2.75) is 43.9 Å². The second-order valence-corrected chi connectivity index (χ2v) is 3.93. The largest absolute Gasteiger partial charge is 0.395 e. The lowest BCUT2D eigenvalue weighted by molar-refractivity contribution is 0.00824. The molecule has 2 heterocycles. The monoisotopic (exact) mass is 171 g/mol. The van der Waals surface area contributed by atoms with Gasteiger partial charge in [-0.25, -0.2) is 0 Å². The second kappa shape index (κ2) is 3.32. The molecule has 0 aliphatic carbocycles. The molecule has 2 fully saturated rings. The van der Waals surface area contributed by atoms with Crippen LogP contribution in [0.25, 0.3) is 0 Å². The van der Waals surface area contributed by atoms with Gasteiger partial charge in [-0.05, 0) is 32.2 Å². The molecule has 2 N–H and O–H groups in total. The molecule has 0 aromatic heterocycles. The van der Waals surface area contributed by atoms with Gasteiger partial charge in [-0.2, -0.15) is 0 Å². The molecule has 3 atom stereocenters. The highest BCUT2D eigenvalue weighted by atomic mass is 16.3. The Morgan fingerprint density at radius 1 is 1.25 bits per heavy atom. The predicted octanol–water partition coefficient (Wildman–Crippen LogP) is -0.0336. The van der Waals surface area contributed by atoms with Crippen molar-refractivity contribution < 1.29 is 10.2 Å². The topological polar surface area (TPSA) is 43.7 Å². The molecule has 0 unspecified atom stereocenters. The van der Waals surface area contributed by atoms with Gasteiger partial charge in [0, 0.05) is 12.1 Å². The van der Waals surface area contributed by atoms with E-state index in [0.29, 0.717) is 12.1 Å². The van der Waals surface area contributed by atoms with Crippen molar-refractivity contribution in [2.24, 2.45) is 0 Å². The zero-order valence-corrected chi connectivity index (χ0v) is 7.32. The molecule has 2 aliphatic rings. The molecule has 3 nitrogen and oxygen atoms in total.